The quantitative estimate of drug-likeness (QED) is 0.618. The van der Waals surface area contributed by atoms with Gasteiger partial charge in [-0.3, -0.25) is 10.1 Å². The smallest absolute Gasteiger partial charge is 0.236 e. The van der Waals surface area contributed by atoms with E-state index in [1.54, 1.807) is 0 Å². The first-order chi connectivity index (χ1) is 12.2. The van der Waals surface area contributed by atoms with Gasteiger partial charge >= 0.3 is 0 Å². The predicted octanol–water partition coefficient (Wildman–Crippen LogP) is 4.62. The zero-order valence-corrected chi connectivity index (χ0v) is 15.5. The third kappa shape index (κ3) is 5.41. The van der Waals surface area contributed by atoms with Crippen LogP contribution in [0.3, 0.4) is 0 Å². The van der Waals surface area contributed by atoms with E-state index in [1.807, 2.05) is 48.5 Å². The average Bonchev–Trinajstić information content (AvgIpc) is 3.08. The number of nitrogens with one attached hydrogen (secondary N) is 1. The Hall–Kier alpha value is -2.18. The van der Waals surface area contributed by atoms with Crippen LogP contribution in [0.25, 0.3) is 0 Å². The third-order valence-electron chi connectivity index (χ3n) is 3.68. The van der Waals surface area contributed by atoms with Gasteiger partial charge in [-0.2, -0.15) is 0 Å². The highest BCUT2D eigenvalue weighted by Gasteiger charge is 2.12. The minimum Gasteiger partial charge on any atom is -0.300 e. The van der Waals surface area contributed by atoms with Gasteiger partial charge in [-0.25, -0.2) is 0 Å². The zero-order valence-electron chi connectivity index (χ0n) is 13.9. The number of nitrogens with zero attached hydrogens (tertiary/aromatic N) is 2. The molecular formula is C19H19N3OS2. The molecule has 3 rings (SSSR count). The molecular weight excluding hydrogens is 350 g/mol. The Bertz CT molecular complexity index is 806. The number of rotatable bonds is 7. The van der Waals surface area contributed by atoms with E-state index in [0.29, 0.717) is 16.8 Å². The molecule has 1 amide bonds. The SMILES string of the molecule is C[C@@H](Cc1nnc(NC(=O)CSc2ccccc2)s1)c1ccccc1. The lowest BCUT2D eigenvalue weighted by molar-refractivity contribution is -0.113. The second-order valence-corrected chi connectivity index (χ2v) is 7.78. The van der Waals surface area contributed by atoms with Crippen LogP contribution >= 0.6 is 23.1 Å². The number of anilines is 1. The first-order valence-electron chi connectivity index (χ1n) is 8.06. The molecule has 2 aromatic carbocycles. The van der Waals surface area contributed by atoms with Crippen LogP contribution in [0.4, 0.5) is 5.13 Å². The van der Waals surface area contributed by atoms with E-state index in [9.17, 15) is 4.79 Å². The zero-order chi connectivity index (χ0) is 17.5. The monoisotopic (exact) mass is 369 g/mol. The Kier molecular flexibility index (Phi) is 6.19. The van der Waals surface area contributed by atoms with Crippen molar-refractivity contribution < 1.29 is 4.79 Å². The van der Waals surface area contributed by atoms with Crippen molar-refractivity contribution in [2.45, 2.75) is 24.2 Å². The van der Waals surface area contributed by atoms with Crippen LogP contribution in [0.15, 0.2) is 65.6 Å². The van der Waals surface area contributed by atoms with Crippen LogP contribution in [0.1, 0.15) is 23.4 Å². The van der Waals surface area contributed by atoms with Gasteiger partial charge in [0.25, 0.3) is 0 Å². The summed E-state index contributed by atoms with van der Waals surface area (Å²) in [6.45, 7) is 2.17. The van der Waals surface area contributed by atoms with E-state index in [4.69, 9.17) is 0 Å². The molecule has 1 heterocycles. The molecule has 0 aliphatic carbocycles. The maximum absolute atomic E-state index is 12.0. The number of hydrogen-bond acceptors (Lipinski definition) is 5. The fourth-order valence-electron chi connectivity index (χ4n) is 2.37. The summed E-state index contributed by atoms with van der Waals surface area (Å²) in [5.41, 5.74) is 1.28. The fraction of sp³-hybridized carbons (Fsp3) is 0.211. The van der Waals surface area contributed by atoms with Crippen molar-refractivity contribution in [2.75, 3.05) is 11.1 Å². The van der Waals surface area contributed by atoms with Crippen molar-refractivity contribution in [2.24, 2.45) is 0 Å². The molecule has 3 aromatic rings. The number of aromatic nitrogens is 2. The number of carbonyl (C=O) groups is 1. The van der Waals surface area contributed by atoms with E-state index in [0.717, 1.165) is 16.3 Å². The van der Waals surface area contributed by atoms with Crippen LogP contribution in [-0.4, -0.2) is 21.9 Å². The second-order valence-electron chi connectivity index (χ2n) is 5.67. The standard InChI is InChI=1S/C19H19N3OS2/c1-14(15-8-4-2-5-9-15)12-18-21-22-19(25-18)20-17(23)13-24-16-10-6-3-7-11-16/h2-11,14H,12-13H2,1H3,(H,20,22,23)/t14-/m0/s1. The molecule has 0 saturated carbocycles. The van der Waals surface area contributed by atoms with Crippen molar-refractivity contribution >= 4 is 34.1 Å². The fourth-order valence-corrected chi connectivity index (χ4v) is 3.97. The Morgan fingerprint density at radius 1 is 1.08 bits per heavy atom. The molecule has 128 valence electrons. The summed E-state index contributed by atoms with van der Waals surface area (Å²) >= 11 is 2.95. The van der Waals surface area contributed by atoms with Gasteiger partial charge < -0.3 is 0 Å². The molecule has 25 heavy (non-hydrogen) atoms. The van der Waals surface area contributed by atoms with Crippen molar-refractivity contribution in [1.29, 1.82) is 0 Å². The van der Waals surface area contributed by atoms with E-state index >= 15 is 0 Å². The molecule has 0 saturated heterocycles. The minimum atomic E-state index is -0.0624. The number of carbonyl (C=O) groups excluding carboxylic acids is 1. The number of thioether (sulfide) groups is 1. The van der Waals surface area contributed by atoms with Gasteiger partial charge in [0.2, 0.25) is 11.0 Å². The van der Waals surface area contributed by atoms with Crippen LogP contribution in [0.5, 0.6) is 0 Å². The second kappa shape index (κ2) is 8.78. The summed E-state index contributed by atoms with van der Waals surface area (Å²) in [5.74, 6) is 0.665. The Morgan fingerprint density at radius 2 is 1.76 bits per heavy atom. The maximum Gasteiger partial charge on any atom is 0.236 e. The first kappa shape index (κ1) is 17.6. The van der Waals surface area contributed by atoms with Gasteiger partial charge in [0.05, 0.1) is 5.75 Å². The molecule has 0 fully saturated rings. The maximum atomic E-state index is 12.0. The lowest BCUT2D eigenvalue weighted by Crippen LogP contribution is -2.13. The van der Waals surface area contributed by atoms with Crippen molar-refractivity contribution in [3.63, 3.8) is 0 Å². The summed E-state index contributed by atoms with van der Waals surface area (Å²) in [6, 6.07) is 20.2. The molecule has 4 nitrogen and oxygen atoms in total. The molecule has 0 aliphatic heterocycles. The van der Waals surface area contributed by atoms with Gasteiger partial charge in [0.15, 0.2) is 0 Å². The highest BCUT2D eigenvalue weighted by molar-refractivity contribution is 8.00. The van der Waals surface area contributed by atoms with Crippen molar-refractivity contribution in [3.05, 3.63) is 71.2 Å². The largest absolute Gasteiger partial charge is 0.300 e. The molecule has 0 aliphatic rings. The van der Waals surface area contributed by atoms with Gasteiger partial charge in [-0.1, -0.05) is 66.8 Å². The summed E-state index contributed by atoms with van der Waals surface area (Å²) < 4.78 is 0. The van der Waals surface area contributed by atoms with Crippen LogP contribution in [-0.2, 0) is 11.2 Å². The molecule has 0 unspecified atom stereocenters. The number of benzene rings is 2. The van der Waals surface area contributed by atoms with E-state index in [-0.39, 0.29) is 5.91 Å². The van der Waals surface area contributed by atoms with Crippen LogP contribution in [0.2, 0.25) is 0 Å². The van der Waals surface area contributed by atoms with E-state index in [1.165, 1.54) is 28.7 Å². The van der Waals surface area contributed by atoms with Gasteiger partial charge in [0, 0.05) is 11.3 Å². The Morgan fingerprint density at radius 3 is 2.48 bits per heavy atom. The average molecular weight is 370 g/mol. The van der Waals surface area contributed by atoms with Crippen molar-refractivity contribution in [3.8, 4) is 0 Å². The number of hydrogen-bond donors (Lipinski definition) is 1. The molecule has 0 radical (unpaired) electrons. The molecule has 1 N–H and O–H groups in total. The summed E-state index contributed by atoms with van der Waals surface area (Å²) in [6.07, 6.45) is 0.816. The van der Waals surface area contributed by atoms with Crippen LogP contribution in [0, 0.1) is 0 Å². The lowest BCUT2D eigenvalue weighted by atomic mass is 9.98. The van der Waals surface area contributed by atoms with Crippen LogP contribution < -0.4 is 5.32 Å². The lowest BCUT2D eigenvalue weighted by Gasteiger charge is -2.08. The third-order valence-corrected chi connectivity index (χ3v) is 5.55. The highest BCUT2D eigenvalue weighted by atomic mass is 32.2. The topological polar surface area (TPSA) is 54.9 Å². The first-order valence-corrected chi connectivity index (χ1v) is 9.86. The van der Waals surface area contributed by atoms with Crippen molar-refractivity contribution in [1.82, 2.24) is 10.2 Å². The van der Waals surface area contributed by atoms with Gasteiger partial charge in [-0.05, 0) is 23.6 Å². The minimum absolute atomic E-state index is 0.0624. The number of amides is 1. The van der Waals surface area contributed by atoms with Gasteiger partial charge in [-0.15, -0.1) is 22.0 Å². The Labute approximate surface area is 155 Å². The normalized spacial score (nSPS) is 11.9. The summed E-state index contributed by atoms with van der Waals surface area (Å²) in [7, 11) is 0. The van der Waals surface area contributed by atoms with Gasteiger partial charge in [0.1, 0.15) is 5.01 Å². The molecule has 0 spiro atoms. The highest BCUT2D eigenvalue weighted by Crippen LogP contribution is 2.24. The molecule has 1 aromatic heterocycles. The van der Waals surface area contributed by atoms with E-state index in [2.05, 4.69) is 34.6 Å². The summed E-state index contributed by atoms with van der Waals surface area (Å²) in [4.78, 5) is 13.1. The summed E-state index contributed by atoms with van der Waals surface area (Å²) in [5, 5.41) is 12.6. The van der Waals surface area contributed by atoms with E-state index < -0.39 is 0 Å². The molecule has 6 heteroatoms. The Balaban J connectivity index is 1.50. The molecule has 1 atom stereocenters. The molecule has 0 bridgehead atoms. The predicted molar refractivity (Wildman–Crippen MR) is 104 cm³/mol.